The van der Waals surface area contributed by atoms with Crippen molar-refractivity contribution in [3.05, 3.63) is 72.6 Å². The number of ether oxygens (including phenoxy) is 2. The zero-order valence-electron chi connectivity index (χ0n) is 33.4. The van der Waals surface area contributed by atoms with Crippen LogP contribution in [0.5, 0.6) is 0 Å². The molecule has 2 aromatic carbocycles. The van der Waals surface area contributed by atoms with E-state index in [1.165, 1.54) is 19.1 Å². The Hall–Kier alpha value is -5.66. The van der Waals surface area contributed by atoms with E-state index in [0.29, 0.717) is 11.8 Å². The number of aromatic nitrogens is 4. The third-order valence-corrected chi connectivity index (χ3v) is 12.9. The molecule has 57 heavy (non-hydrogen) atoms. The number of methoxy groups -OCH3 is 2. The molecule has 300 valence electrons. The lowest BCUT2D eigenvalue weighted by Crippen LogP contribution is -2.54. The van der Waals surface area contributed by atoms with Crippen LogP contribution in [0.15, 0.2) is 60.9 Å². The molecule has 4 amide bonds. The fraction of sp³-hybridized carbons (Fsp3) is 0.488. The highest BCUT2D eigenvalue weighted by Crippen LogP contribution is 2.51. The summed E-state index contributed by atoms with van der Waals surface area (Å²) < 4.78 is 9.68. The molecule has 2 saturated carbocycles. The number of alkyl carbamates (subject to hydrolysis) is 1. The molecule has 0 radical (unpaired) electrons. The molecule has 8 rings (SSSR count). The zero-order chi connectivity index (χ0) is 40.1. The van der Waals surface area contributed by atoms with Gasteiger partial charge in [-0.2, -0.15) is 0 Å². The standard InChI is InChI=1S/C43H52N8O6/c1-23(2)35(48-42(54)56-5)41(53)51-32-18-16-30(20-32)37(51)39-45-22-34(47-39)28-13-9-26(10-14-28)25-7-11-27(12-8-25)33-21-44-38(46-33)36-29-15-17-31(19-29)50(36)40(52)24(3)49(4)43(55)57-6/h7-14,21-24,29-32,35-37H,15-20H2,1-6H3,(H,44,46)(H,45,47)(H,48,54). The number of piperidine rings is 2. The number of nitrogens with one attached hydrogen (secondary N) is 3. The summed E-state index contributed by atoms with van der Waals surface area (Å²) in [7, 11) is 4.21. The number of fused-ring (bicyclic) bond motifs is 4. The van der Waals surface area contributed by atoms with Gasteiger partial charge in [-0.1, -0.05) is 62.4 Å². The number of carbonyl (C=O) groups is 4. The van der Waals surface area contributed by atoms with Gasteiger partial charge in [-0.05, 0) is 85.5 Å². The molecule has 4 heterocycles. The van der Waals surface area contributed by atoms with Crippen molar-refractivity contribution in [3.8, 4) is 33.6 Å². The first kappa shape index (κ1) is 38.2. The zero-order valence-corrected chi connectivity index (χ0v) is 33.4. The molecule has 14 nitrogen and oxygen atoms in total. The summed E-state index contributed by atoms with van der Waals surface area (Å²) in [5.74, 6) is 1.90. The van der Waals surface area contributed by atoms with E-state index >= 15 is 0 Å². The fourth-order valence-corrected chi connectivity index (χ4v) is 9.81. The lowest BCUT2D eigenvalue weighted by Gasteiger charge is -2.37. The Morgan fingerprint density at radius 3 is 1.60 bits per heavy atom. The maximum atomic E-state index is 13.9. The average molecular weight is 777 g/mol. The van der Waals surface area contributed by atoms with E-state index < -0.39 is 24.3 Å². The van der Waals surface area contributed by atoms with E-state index in [1.807, 2.05) is 36.0 Å². The Labute approximate surface area is 332 Å². The highest BCUT2D eigenvalue weighted by Gasteiger charge is 2.52. The molecule has 0 spiro atoms. The maximum absolute atomic E-state index is 13.9. The second-order valence-corrected chi connectivity index (χ2v) is 16.5. The molecule has 4 fully saturated rings. The summed E-state index contributed by atoms with van der Waals surface area (Å²) in [6.45, 7) is 5.60. The smallest absolute Gasteiger partial charge is 0.409 e. The van der Waals surface area contributed by atoms with Crippen LogP contribution in [0, 0.1) is 17.8 Å². The van der Waals surface area contributed by atoms with E-state index in [2.05, 4.69) is 63.8 Å². The highest BCUT2D eigenvalue weighted by atomic mass is 16.5. The van der Waals surface area contributed by atoms with Crippen LogP contribution in [-0.2, 0) is 19.1 Å². The third kappa shape index (κ3) is 6.92. The summed E-state index contributed by atoms with van der Waals surface area (Å²) in [5, 5.41) is 2.75. The lowest BCUT2D eigenvalue weighted by molar-refractivity contribution is -0.140. The van der Waals surface area contributed by atoms with Crippen molar-refractivity contribution in [2.75, 3.05) is 21.3 Å². The number of likely N-dealkylation sites (tertiary alicyclic amines) is 2. The van der Waals surface area contributed by atoms with Gasteiger partial charge in [-0.3, -0.25) is 14.5 Å². The van der Waals surface area contributed by atoms with Crippen LogP contribution >= 0.6 is 0 Å². The number of carbonyl (C=O) groups excluding carboxylic acids is 4. The molecule has 3 N–H and O–H groups in total. The number of aromatic amines is 2. The highest BCUT2D eigenvalue weighted by molar-refractivity contribution is 5.87. The number of nitrogens with zero attached hydrogens (tertiary/aromatic N) is 5. The second kappa shape index (κ2) is 15.4. The van der Waals surface area contributed by atoms with E-state index in [-0.39, 0.29) is 41.9 Å². The Morgan fingerprint density at radius 1 is 0.702 bits per heavy atom. The summed E-state index contributed by atoms with van der Waals surface area (Å²) in [4.78, 5) is 73.8. The number of imidazole rings is 2. The van der Waals surface area contributed by atoms with E-state index in [9.17, 15) is 19.2 Å². The molecular formula is C43H52N8O6. The van der Waals surface area contributed by atoms with Gasteiger partial charge in [-0.25, -0.2) is 19.6 Å². The number of hydrogen-bond acceptors (Lipinski definition) is 8. The number of benzene rings is 2. The molecule has 2 aliphatic heterocycles. The van der Waals surface area contributed by atoms with Crippen LogP contribution in [0.1, 0.15) is 83.0 Å². The van der Waals surface area contributed by atoms with Gasteiger partial charge in [0, 0.05) is 19.1 Å². The maximum Gasteiger partial charge on any atom is 0.409 e. The number of rotatable bonds is 10. The topological polar surface area (TPSA) is 166 Å². The molecule has 2 saturated heterocycles. The number of H-pyrrole nitrogens is 2. The van der Waals surface area contributed by atoms with Crippen LogP contribution < -0.4 is 5.32 Å². The van der Waals surface area contributed by atoms with Gasteiger partial charge in [-0.15, -0.1) is 0 Å². The molecule has 4 bridgehead atoms. The normalized spacial score (nSPS) is 24.5. The van der Waals surface area contributed by atoms with Crippen molar-refractivity contribution in [1.82, 2.24) is 40.0 Å². The van der Waals surface area contributed by atoms with E-state index in [4.69, 9.17) is 19.4 Å². The van der Waals surface area contributed by atoms with E-state index in [1.54, 1.807) is 14.0 Å². The Balaban J connectivity index is 0.949. The predicted molar refractivity (Wildman–Crippen MR) is 212 cm³/mol. The SMILES string of the molecule is COC(=O)NC(C(=O)N1C2CCC(C2)C1c1ncc(-c2ccc(-c3ccc(-c4cnc(C5C6CCC(C6)N5C(=O)C(C)N(C)C(=O)OC)[nH]4)cc3)cc2)[nH]1)C(C)C. The predicted octanol–water partition coefficient (Wildman–Crippen LogP) is 6.71. The molecule has 8 atom stereocenters. The molecule has 14 heteroatoms. The van der Waals surface area contributed by atoms with Crippen molar-refractivity contribution < 1.29 is 28.7 Å². The first-order valence-electron chi connectivity index (χ1n) is 20.1. The summed E-state index contributed by atoms with van der Waals surface area (Å²) in [5.41, 5.74) is 5.89. The van der Waals surface area contributed by atoms with E-state index in [0.717, 1.165) is 83.8 Å². The summed E-state index contributed by atoms with van der Waals surface area (Å²) in [6.07, 6.45) is 8.40. The molecule has 4 aliphatic rings. The lowest BCUT2D eigenvalue weighted by atomic mass is 9.95. The van der Waals surface area contributed by atoms with Crippen molar-refractivity contribution in [2.45, 2.75) is 95.5 Å². The Bertz CT molecular complexity index is 2130. The van der Waals surface area contributed by atoms with Crippen molar-refractivity contribution in [1.29, 1.82) is 0 Å². The molecule has 4 aromatic rings. The van der Waals surface area contributed by atoms with Gasteiger partial charge < -0.3 is 34.6 Å². The van der Waals surface area contributed by atoms with Crippen molar-refractivity contribution >= 4 is 24.0 Å². The van der Waals surface area contributed by atoms with Gasteiger partial charge in [0.1, 0.15) is 23.7 Å². The van der Waals surface area contributed by atoms with Crippen molar-refractivity contribution in [3.63, 3.8) is 0 Å². The number of likely N-dealkylation sites (N-methyl/N-ethyl adjacent to an activating group) is 1. The van der Waals surface area contributed by atoms with Gasteiger partial charge in [0.15, 0.2) is 0 Å². The van der Waals surface area contributed by atoms with Gasteiger partial charge in [0.05, 0.1) is 50.1 Å². The van der Waals surface area contributed by atoms with Gasteiger partial charge in [0.2, 0.25) is 11.8 Å². The first-order chi connectivity index (χ1) is 27.5. The molecule has 2 aliphatic carbocycles. The van der Waals surface area contributed by atoms with Crippen LogP contribution in [-0.4, -0.2) is 104 Å². The van der Waals surface area contributed by atoms with Crippen LogP contribution in [0.25, 0.3) is 33.6 Å². The van der Waals surface area contributed by atoms with Gasteiger partial charge in [0.25, 0.3) is 0 Å². The number of hydrogen-bond donors (Lipinski definition) is 3. The third-order valence-electron chi connectivity index (χ3n) is 12.9. The summed E-state index contributed by atoms with van der Waals surface area (Å²) in [6, 6.07) is 15.3. The van der Waals surface area contributed by atoms with Crippen LogP contribution in [0.4, 0.5) is 9.59 Å². The Kier molecular flexibility index (Phi) is 10.3. The first-order valence-corrected chi connectivity index (χ1v) is 20.1. The fourth-order valence-electron chi connectivity index (χ4n) is 9.81. The van der Waals surface area contributed by atoms with Crippen LogP contribution in [0.3, 0.4) is 0 Å². The largest absolute Gasteiger partial charge is 0.453 e. The van der Waals surface area contributed by atoms with Crippen LogP contribution in [0.2, 0.25) is 0 Å². The van der Waals surface area contributed by atoms with Gasteiger partial charge >= 0.3 is 12.2 Å². The minimum atomic E-state index is -0.680. The minimum absolute atomic E-state index is 0.0909. The van der Waals surface area contributed by atoms with Crippen molar-refractivity contribution in [2.24, 2.45) is 17.8 Å². The molecule has 2 aromatic heterocycles. The Morgan fingerprint density at radius 2 is 1.16 bits per heavy atom. The summed E-state index contributed by atoms with van der Waals surface area (Å²) >= 11 is 0. The minimum Gasteiger partial charge on any atom is -0.453 e. The quantitative estimate of drug-likeness (QED) is 0.160. The monoisotopic (exact) mass is 776 g/mol. The second-order valence-electron chi connectivity index (χ2n) is 16.5. The number of amides is 4. The average Bonchev–Trinajstić information content (AvgIpc) is 4.10. The molecule has 8 unspecified atom stereocenters. The molecular weight excluding hydrogens is 725 g/mol.